The van der Waals surface area contributed by atoms with Crippen LogP contribution in [0.1, 0.15) is 19.3 Å². The highest BCUT2D eigenvalue weighted by Crippen LogP contribution is 2.32. The van der Waals surface area contributed by atoms with Gasteiger partial charge in [-0.3, -0.25) is 0 Å². The zero-order valence-electron chi connectivity index (χ0n) is 6.36. The molecule has 0 heterocycles. The van der Waals surface area contributed by atoms with Gasteiger partial charge in [0.15, 0.2) is 0 Å². The summed E-state index contributed by atoms with van der Waals surface area (Å²) in [4.78, 5) is 10.1. The molecule has 0 bridgehead atoms. The van der Waals surface area contributed by atoms with Crippen LogP contribution in [-0.2, 0) is 9.53 Å². The Hall–Kier alpha value is -0.740. The lowest BCUT2D eigenvalue weighted by molar-refractivity contribution is -0.199. The third-order valence-corrected chi connectivity index (χ3v) is 1.69. The Bertz CT molecular complexity index is 172. The van der Waals surface area contributed by atoms with Crippen molar-refractivity contribution in [2.75, 3.05) is 6.61 Å². The molecule has 12 heavy (non-hydrogen) atoms. The van der Waals surface area contributed by atoms with Crippen LogP contribution in [0.15, 0.2) is 0 Å². The van der Waals surface area contributed by atoms with Crippen LogP contribution in [0.4, 0.5) is 13.2 Å². The summed E-state index contributed by atoms with van der Waals surface area (Å²) in [6.07, 6.45) is -2.20. The van der Waals surface area contributed by atoms with E-state index < -0.39 is 12.1 Å². The standard InChI is InChI=1S/C7H9F3O2/c8-7(9,10)6(11)12-4-3-5-1-2-5/h5H,1-4H2. The van der Waals surface area contributed by atoms with Crippen LogP contribution in [0, 0.1) is 5.92 Å². The minimum absolute atomic E-state index is 0.108. The molecule has 0 spiro atoms. The molecular formula is C7H9F3O2. The molecule has 1 saturated carbocycles. The number of hydrogen-bond donors (Lipinski definition) is 0. The van der Waals surface area contributed by atoms with E-state index in [1.54, 1.807) is 0 Å². The summed E-state index contributed by atoms with van der Waals surface area (Å²) in [5, 5.41) is 0. The molecule has 0 aromatic heterocycles. The molecule has 0 aromatic carbocycles. The first-order valence-corrected chi connectivity index (χ1v) is 3.74. The Morgan fingerprint density at radius 2 is 2.00 bits per heavy atom. The number of ether oxygens (including phenoxy) is 1. The number of esters is 1. The maximum Gasteiger partial charge on any atom is 0.490 e. The fourth-order valence-electron chi connectivity index (χ4n) is 0.807. The number of hydrogen-bond acceptors (Lipinski definition) is 2. The zero-order chi connectivity index (χ0) is 9.19. The predicted octanol–water partition coefficient (Wildman–Crippen LogP) is 1.89. The number of rotatable bonds is 3. The van der Waals surface area contributed by atoms with E-state index in [1.165, 1.54) is 0 Å². The quantitative estimate of drug-likeness (QED) is 0.623. The summed E-state index contributed by atoms with van der Waals surface area (Å²) in [5.41, 5.74) is 0. The first-order chi connectivity index (χ1) is 5.50. The highest BCUT2D eigenvalue weighted by molar-refractivity contribution is 5.75. The molecule has 0 atom stereocenters. The SMILES string of the molecule is O=C(OCCC1CC1)C(F)(F)F. The van der Waals surface area contributed by atoms with Gasteiger partial charge in [0.25, 0.3) is 0 Å². The average Bonchev–Trinajstić information content (AvgIpc) is 2.69. The number of carbonyl (C=O) groups is 1. The average molecular weight is 182 g/mol. The summed E-state index contributed by atoms with van der Waals surface area (Å²) < 4.78 is 38.5. The van der Waals surface area contributed by atoms with Crippen molar-refractivity contribution in [2.24, 2.45) is 5.92 Å². The van der Waals surface area contributed by atoms with Gasteiger partial charge in [-0.15, -0.1) is 0 Å². The molecule has 0 aliphatic heterocycles. The molecular weight excluding hydrogens is 173 g/mol. The largest absolute Gasteiger partial charge is 0.490 e. The lowest BCUT2D eigenvalue weighted by Crippen LogP contribution is -2.25. The van der Waals surface area contributed by atoms with Crippen LogP contribution in [0.3, 0.4) is 0 Å². The Morgan fingerprint density at radius 3 is 2.42 bits per heavy atom. The van der Waals surface area contributed by atoms with Gasteiger partial charge in [-0.05, 0) is 12.3 Å². The molecule has 1 aliphatic rings. The van der Waals surface area contributed by atoms with Crippen LogP contribution in [0.2, 0.25) is 0 Å². The molecule has 0 unspecified atom stereocenters. The molecule has 1 aliphatic carbocycles. The van der Waals surface area contributed by atoms with Crippen molar-refractivity contribution in [1.82, 2.24) is 0 Å². The van der Waals surface area contributed by atoms with Crippen LogP contribution >= 0.6 is 0 Å². The van der Waals surface area contributed by atoms with Crippen molar-refractivity contribution < 1.29 is 22.7 Å². The van der Waals surface area contributed by atoms with Crippen molar-refractivity contribution >= 4 is 5.97 Å². The van der Waals surface area contributed by atoms with E-state index in [2.05, 4.69) is 4.74 Å². The van der Waals surface area contributed by atoms with E-state index in [9.17, 15) is 18.0 Å². The van der Waals surface area contributed by atoms with E-state index >= 15 is 0 Å². The third-order valence-electron chi connectivity index (χ3n) is 1.69. The van der Waals surface area contributed by atoms with Crippen molar-refractivity contribution in [2.45, 2.75) is 25.4 Å². The molecule has 1 rings (SSSR count). The van der Waals surface area contributed by atoms with Crippen LogP contribution in [0.5, 0.6) is 0 Å². The van der Waals surface area contributed by atoms with Crippen LogP contribution in [0.25, 0.3) is 0 Å². The van der Waals surface area contributed by atoms with E-state index in [1.807, 2.05) is 0 Å². The van der Waals surface area contributed by atoms with Gasteiger partial charge in [0.05, 0.1) is 6.61 Å². The molecule has 0 N–H and O–H groups in total. The molecule has 5 heteroatoms. The van der Waals surface area contributed by atoms with E-state index in [0.717, 1.165) is 12.8 Å². The lowest BCUT2D eigenvalue weighted by atomic mass is 10.3. The molecule has 0 amide bonds. The summed E-state index contributed by atoms with van der Waals surface area (Å²) in [7, 11) is 0. The summed E-state index contributed by atoms with van der Waals surface area (Å²) >= 11 is 0. The minimum Gasteiger partial charge on any atom is -0.459 e. The Morgan fingerprint density at radius 1 is 1.42 bits per heavy atom. The monoisotopic (exact) mass is 182 g/mol. The lowest BCUT2D eigenvalue weighted by Gasteiger charge is -2.05. The normalized spacial score (nSPS) is 17.6. The van der Waals surface area contributed by atoms with Crippen LogP contribution < -0.4 is 0 Å². The van der Waals surface area contributed by atoms with Gasteiger partial charge in [-0.25, -0.2) is 4.79 Å². The Kier molecular flexibility index (Phi) is 2.59. The second kappa shape index (κ2) is 3.33. The summed E-state index contributed by atoms with van der Waals surface area (Å²) in [6, 6.07) is 0. The number of alkyl halides is 3. The smallest absolute Gasteiger partial charge is 0.459 e. The first kappa shape index (κ1) is 9.35. The van der Waals surface area contributed by atoms with E-state index in [-0.39, 0.29) is 6.61 Å². The second-order valence-corrected chi connectivity index (χ2v) is 2.87. The van der Waals surface area contributed by atoms with Crippen molar-refractivity contribution in [1.29, 1.82) is 0 Å². The van der Waals surface area contributed by atoms with Crippen molar-refractivity contribution in [3.63, 3.8) is 0 Å². The molecule has 1 fully saturated rings. The highest BCUT2D eigenvalue weighted by atomic mass is 19.4. The minimum atomic E-state index is -4.84. The maximum atomic E-state index is 11.5. The van der Waals surface area contributed by atoms with Gasteiger partial charge in [-0.1, -0.05) is 12.8 Å². The molecule has 0 aromatic rings. The molecule has 2 nitrogen and oxygen atoms in total. The van der Waals surface area contributed by atoms with Gasteiger partial charge in [0.1, 0.15) is 0 Å². The van der Waals surface area contributed by atoms with Gasteiger partial charge < -0.3 is 4.74 Å². The molecule has 0 radical (unpaired) electrons. The summed E-state index contributed by atoms with van der Waals surface area (Å²) in [5.74, 6) is -1.60. The molecule has 70 valence electrons. The van der Waals surface area contributed by atoms with E-state index in [4.69, 9.17) is 0 Å². The third kappa shape index (κ3) is 3.11. The number of halogens is 3. The fourth-order valence-corrected chi connectivity index (χ4v) is 0.807. The van der Waals surface area contributed by atoms with Gasteiger partial charge >= 0.3 is 12.1 Å². The first-order valence-electron chi connectivity index (χ1n) is 3.74. The molecule has 0 saturated heterocycles. The topological polar surface area (TPSA) is 26.3 Å². The fraction of sp³-hybridized carbons (Fsp3) is 0.857. The Balaban J connectivity index is 2.08. The maximum absolute atomic E-state index is 11.5. The second-order valence-electron chi connectivity index (χ2n) is 2.87. The van der Waals surface area contributed by atoms with Crippen molar-refractivity contribution in [3.05, 3.63) is 0 Å². The van der Waals surface area contributed by atoms with E-state index in [0.29, 0.717) is 12.3 Å². The van der Waals surface area contributed by atoms with Gasteiger partial charge in [-0.2, -0.15) is 13.2 Å². The van der Waals surface area contributed by atoms with Gasteiger partial charge in [0, 0.05) is 0 Å². The zero-order valence-corrected chi connectivity index (χ0v) is 6.36. The van der Waals surface area contributed by atoms with Crippen LogP contribution in [-0.4, -0.2) is 18.8 Å². The summed E-state index contributed by atoms with van der Waals surface area (Å²) in [6.45, 7) is -0.108. The number of carbonyl (C=O) groups excluding carboxylic acids is 1. The van der Waals surface area contributed by atoms with Crippen molar-refractivity contribution in [3.8, 4) is 0 Å². The predicted molar refractivity (Wildman–Crippen MR) is 34.4 cm³/mol. The Labute approximate surface area is 67.7 Å². The van der Waals surface area contributed by atoms with Gasteiger partial charge in [0.2, 0.25) is 0 Å². The highest BCUT2D eigenvalue weighted by Gasteiger charge is 2.41.